The van der Waals surface area contributed by atoms with Gasteiger partial charge in [0.2, 0.25) is 5.91 Å². The van der Waals surface area contributed by atoms with Crippen LogP contribution in [0.3, 0.4) is 0 Å². The standard InChI is InChI=1S/C20H15ClF3N3O3S/c21-17-9-8-14(20(22,23)24)11-18(17)27(31(29,30)16-6-2-1-3-7-16)13-19(28)26-15-5-4-10-25-12-15/h1-12H,13H2,(H,26,28). The Hall–Kier alpha value is -3.11. The highest BCUT2D eigenvalue weighted by Crippen LogP contribution is 2.37. The van der Waals surface area contributed by atoms with Crippen LogP contribution in [0.25, 0.3) is 0 Å². The molecule has 162 valence electrons. The minimum atomic E-state index is -4.74. The number of carbonyl (C=O) groups excluding carboxylic acids is 1. The van der Waals surface area contributed by atoms with E-state index in [-0.39, 0.29) is 9.92 Å². The van der Waals surface area contributed by atoms with Crippen molar-refractivity contribution in [1.82, 2.24) is 4.98 Å². The molecule has 0 radical (unpaired) electrons. The van der Waals surface area contributed by atoms with E-state index < -0.39 is 39.9 Å². The second-order valence-electron chi connectivity index (χ2n) is 6.28. The number of benzene rings is 2. The summed E-state index contributed by atoms with van der Waals surface area (Å²) in [6.07, 6.45) is -1.92. The van der Waals surface area contributed by atoms with Crippen molar-refractivity contribution in [2.24, 2.45) is 0 Å². The lowest BCUT2D eigenvalue weighted by atomic mass is 10.2. The first-order valence-corrected chi connectivity index (χ1v) is 10.6. The molecule has 3 rings (SSSR count). The average Bonchev–Trinajstić information content (AvgIpc) is 2.73. The molecule has 2 aromatic carbocycles. The maximum atomic E-state index is 13.2. The predicted molar refractivity (Wildman–Crippen MR) is 110 cm³/mol. The summed E-state index contributed by atoms with van der Waals surface area (Å²) in [5, 5.41) is 2.19. The number of rotatable bonds is 6. The zero-order valence-corrected chi connectivity index (χ0v) is 17.2. The number of nitrogens with one attached hydrogen (secondary N) is 1. The van der Waals surface area contributed by atoms with Gasteiger partial charge >= 0.3 is 6.18 Å². The molecule has 0 aliphatic rings. The van der Waals surface area contributed by atoms with Crippen LogP contribution in [0.2, 0.25) is 5.02 Å². The number of amides is 1. The molecule has 1 N–H and O–H groups in total. The number of carbonyl (C=O) groups is 1. The van der Waals surface area contributed by atoms with Gasteiger partial charge in [0, 0.05) is 6.20 Å². The second kappa shape index (κ2) is 8.94. The van der Waals surface area contributed by atoms with Gasteiger partial charge in [-0.1, -0.05) is 29.8 Å². The number of anilines is 2. The largest absolute Gasteiger partial charge is 0.416 e. The summed E-state index contributed by atoms with van der Waals surface area (Å²) in [6, 6.07) is 12.4. The first-order chi connectivity index (χ1) is 14.6. The van der Waals surface area contributed by atoms with Gasteiger partial charge in [0.25, 0.3) is 10.0 Å². The monoisotopic (exact) mass is 469 g/mol. The summed E-state index contributed by atoms with van der Waals surface area (Å²) in [7, 11) is -4.42. The van der Waals surface area contributed by atoms with Gasteiger partial charge in [-0.05, 0) is 42.5 Å². The SMILES string of the molecule is O=C(CN(c1cc(C(F)(F)F)ccc1Cl)S(=O)(=O)c1ccccc1)Nc1cccnc1. The van der Waals surface area contributed by atoms with Crippen LogP contribution in [0.1, 0.15) is 5.56 Å². The van der Waals surface area contributed by atoms with E-state index in [1.54, 1.807) is 12.1 Å². The van der Waals surface area contributed by atoms with E-state index >= 15 is 0 Å². The van der Waals surface area contributed by atoms with Crippen molar-refractivity contribution in [3.8, 4) is 0 Å². The molecule has 11 heteroatoms. The van der Waals surface area contributed by atoms with Gasteiger partial charge in [-0.25, -0.2) is 8.42 Å². The fourth-order valence-corrected chi connectivity index (χ4v) is 4.39. The van der Waals surface area contributed by atoms with Gasteiger partial charge in [0.15, 0.2) is 0 Å². The minimum absolute atomic E-state index is 0.211. The molecule has 0 aliphatic carbocycles. The van der Waals surface area contributed by atoms with E-state index in [0.29, 0.717) is 16.1 Å². The highest BCUT2D eigenvalue weighted by atomic mass is 35.5. The maximum Gasteiger partial charge on any atom is 0.416 e. The van der Waals surface area contributed by atoms with Gasteiger partial charge in [0.1, 0.15) is 6.54 Å². The van der Waals surface area contributed by atoms with Gasteiger partial charge in [-0.2, -0.15) is 13.2 Å². The Kier molecular flexibility index (Phi) is 6.51. The fourth-order valence-electron chi connectivity index (χ4n) is 2.67. The molecule has 0 saturated heterocycles. The molecule has 0 atom stereocenters. The molecule has 0 unspecified atom stereocenters. The van der Waals surface area contributed by atoms with Crippen LogP contribution in [-0.2, 0) is 21.0 Å². The van der Waals surface area contributed by atoms with Gasteiger partial charge in [-0.3, -0.25) is 14.1 Å². The number of hydrogen-bond acceptors (Lipinski definition) is 4. The Bertz CT molecular complexity index is 1170. The topological polar surface area (TPSA) is 79.4 Å². The average molecular weight is 470 g/mol. The lowest BCUT2D eigenvalue weighted by Crippen LogP contribution is -2.38. The molecule has 1 amide bonds. The van der Waals surface area contributed by atoms with E-state index in [4.69, 9.17) is 11.6 Å². The molecule has 0 bridgehead atoms. The van der Waals surface area contributed by atoms with Gasteiger partial charge < -0.3 is 5.32 Å². The van der Waals surface area contributed by atoms with Crippen molar-refractivity contribution in [2.45, 2.75) is 11.1 Å². The number of nitrogens with zero attached hydrogens (tertiary/aromatic N) is 2. The maximum absolute atomic E-state index is 13.2. The molecule has 0 saturated carbocycles. The van der Waals surface area contributed by atoms with Crippen molar-refractivity contribution < 1.29 is 26.4 Å². The van der Waals surface area contributed by atoms with E-state index in [1.807, 2.05) is 0 Å². The van der Waals surface area contributed by atoms with Crippen molar-refractivity contribution in [1.29, 1.82) is 0 Å². The van der Waals surface area contributed by atoms with Crippen LogP contribution in [0.5, 0.6) is 0 Å². The number of halogens is 4. The second-order valence-corrected chi connectivity index (χ2v) is 8.55. The molecular weight excluding hydrogens is 455 g/mol. The van der Waals surface area contributed by atoms with E-state index in [0.717, 1.165) is 12.1 Å². The van der Waals surface area contributed by atoms with Crippen molar-refractivity contribution in [2.75, 3.05) is 16.2 Å². The summed E-state index contributed by atoms with van der Waals surface area (Å²) in [5.74, 6) is -0.791. The summed E-state index contributed by atoms with van der Waals surface area (Å²) in [5.41, 5.74) is -1.28. The number of aromatic nitrogens is 1. The summed E-state index contributed by atoms with van der Waals surface area (Å²) in [4.78, 5) is 16.2. The highest BCUT2D eigenvalue weighted by Gasteiger charge is 2.34. The highest BCUT2D eigenvalue weighted by molar-refractivity contribution is 7.92. The molecule has 0 fully saturated rings. The lowest BCUT2D eigenvalue weighted by molar-refractivity contribution is -0.137. The molecule has 0 spiro atoms. The van der Waals surface area contributed by atoms with E-state index in [9.17, 15) is 26.4 Å². The van der Waals surface area contributed by atoms with Gasteiger partial charge in [0.05, 0.1) is 33.1 Å². The summed E-state index contributed by atoms with van der Waals surface area (Å²) >= 11 is 6.06. The molecule has 1 heterocycles. The number of sulfonamides is 1. The first kappa shape index (κ1) is 22.6. The predicted octanol–water partition coefficient (Wildman–Crippen LogP) is 4.59. The smallest absolute Gasteiger partial charge is 0.323 e. The molecule has 1 aromatic heterocycles. The molecule has 0 aliphatic heterocycles. The Morgan fingerprint density at radius 1 is 1.06 bits per heavy atom. The van der Waals surface area contributed by atoms with E-state index in [2.05, 4.69) is 10.3 Å². The van der Waals surface area contributed by atoms with Crippen LogP contribution in [0.4, 0.5) is 24.5 Å². The molecule has 3 aromatic rings. The fraction of sp³-hybridized carbons (Fsp3) is 0.100. The number of alkyl halides is 3. The van der Waals surface area contributed by atoms with Crippen LogP contribution < -0.4 is 9.62 Å². The molecular formula is C20H15ClF3N3O3S. The number of pyridine rings is 1. The first-order valence-electron chi connectivity index (χ1n) is 8.73. The lowest BCUT2D eigenvalue weighted by Gasteiger charge is -2.25. The quantitative estimate of drug-likeness (QED) is 0.572. The Labute approximate surface area is 181 Å². The van der Waals surface area contributed by atoms with Crippen LogP contribution in [-0.4, -0.2) is 25.9 Å². The molecule has 6 nitrogen and oxygen atoms in total. The van der Waals surface area contributed by atoms with Crippen LogP contribution in [0.15, 0.2) is 78.0 Å². The van der Waals surface area contributed by atoms with Crippen LogP contribution in [0, 0.1) is 0 Å². The van der Waals surface area contributed by atoms with E-state index in [1.165, 1.54) is 42.7 Å². The van der Waals surface area contributed by atoms with Crippen LogP contribution >= 0.6 is 11.6 Å². The molecule has 31 heavy (non-hydrogen) atoms. The van der Waals surface area contributed by atoms with Crippen molar-refractivity contribution >= 4 is 38.9 Å². The Morgan fingerprint density at radius 3 is 2.39 bits per heavy atom. The third-order valence-electron chi connectivity index (χ3n) is 4.11. The van der Waals surface area contributed by atoms with Gasteiger partial charge in [-0.15, -0.1) is 0 Å². The number of hydrogen-bond donors (Lipinski definition) is 1. The zero-order chi connectivity index (χ0) is 22.6. The normalized spacial score (nSPS) is 11.7. The summed E-state index contributed by atoms with van der Waals surface area (Å²) in [6.45, 7) is -0.812. The Balaban J connectivity index is 2.06. The Morgan fingerprint density at radius 2 is 1.77 bits per heavy atom. The van der Waals surface area contributed by atoms with Crippen molar-refractivity contribution in [3.05, 3.63) is 83.6 Å². The summed E-state index contributed by atoms with van der Waals surface area (Å²) < 4.78 is 66.7. The third-order valence-corrected chi connectivity index (χ3v) is 6.20. The third kappa shape index (κ3) is 5.33. The van der Waals surface area contributed by atoms with Crippen molar-refractivity contribution in [3.63, 3.8) is 0 Å². The zero-order valence-electron chi connectivity index (χ0n) is 15.7. The minimum Gasteiger partial charge on any atom is -0.323 e.